The summed E-state index contributed by atoms with van der Waals surface area (Å²) in [5.74, 6) is 0.521. The van der Waals surface area contributed by atoms with E-state index in [9.17, 15) is 4.79 Å². The molecule has 0 aliphatic carbocycles. The van der Waals surface area contributed by atoms with E-state index in [2.05, 4.69) is 37.5 Å². The first-order chi connectivity index (χ1) is 12.2. The van der Waals surface area contributed by atoms with E-state index < -0.39 is 0 Å². The van der Waals surface area contributed by atoms with E-state index in [1.807, 2.05) is 31.3 Å². The summed E-state index contributed by atoms with van der Waals surface area (Å²) in [7, 11) is 1.81. The van der Waals surface area contributed by atoms with E-state index in [1.165, 1.54) is 6.33 Å². The van der Waals surface area contributed by atoms with Gasteiger partial charge in [0.1, 0.15) is 11.8 Å². The van der Waals surface area contributed by atoms with Gasteiger partial charge in [0, 0.05) is 19.3 Å². The highest BCUT2D eigenvalue weighted by molar-refractivity contribution is 5.95. The van der Waals surface area contributed by atoms with Crippen molar-refractivity contribution in [2.45, 2.75) is 13.5 Å². The molecule has 2 heterocycles. The number of aromatic amines is 1. The fourth-order valence-electron chi connectivity index (χ4n) is 2.56. The van der Waals surface area contributed by atoms with E-state index in [-0.39, 0.29) is 12.5 Å². The summed E-state index contributed by atoms with van der Waals surface area (Å²) >= 11 is 0. The molecule has 0 aliphatic rings. The highest BCUT2D eigenvalue weighted by Gasteiger charge is 2.13. The Bertz CT molecular complexity index is 861. The van der Waals surface area contributed by atoms with Crippen LogP contribution in [0.15, 0.2) is 36.9 Å². The predicted octanol–water partition coefficient (Wildman–Crippen LogP) is 1.54. The molecule has 3 rings (SSSR count). The van der Waals surface area contributed by atoms with Crippen molar-refractivity contribution in [3.8, 4) is 0 Å². The van der Waals surface area contributed by atoms with E-state index >= 15 is 0 Å². The van der Waals surface area contributed by atoms with E-state index in [0.717, 1.165) is 24.3 Å². The third-order valence-corrected chi connectivity index (χ3v) is 3.74. The molecule has 0 atom stereocenters. The number of H-pyrrole nitrogens is 1. The molecule has 3 aromatic rings. The zero-order valence-corrected chi connectivity index (χ0v) is 14.3. The third kappa shape index (κ3) is 4.10. The molecule has 0 radical (unpaired) electrons. The number of anilines is 2. The van der Waals surface area contributed by atoms with Gasteiger partial charge in [0.2, 0.25) is 5.91 Å². The molecule has 0 saturated carbocycles. The average molecular weight is 339 g/mol. The van der Waals surface area contributed by atoms with E-state index in [0.29, 0.717) is 17.0 Å². The van der Waals surface area contributed by atoms with Crippen LogP contribution in [0.3, 0.4) is 0 Å². The number of hydrogen-bond acceptors (Lipinski definition) is 6. The SMILES string of the molecule is CCNCc1cccc(NC(=O)CN(C)c2ncnc3nc[nH]c23)c1. The van der Waals surface area contributed by atoms with Crippen LogP contribution in [0.2, 0.25) is 0 Å². The fraction of sp³-hybridized carbons (Fsp3) is 0.294. The summed E-state index contributed by atoms with van der Waals surface area (Å²) in [6.45, 7) is 3.91. The number of nitrogens with zero attached hydrogens (tertiary/aromatic N) is 4. The van der Waals surface area contributed by atoms with Crippen molar-refractivity contribution < 1.29 is 4.79 Å². The van der Waals surface area contributed by atoms with Gasteiger partial charge in [-0.1, -0.05) is 19.1 Å². The second-order valence-electron chi connectivity index (χ2n) is 5.68. The van der Waals surface area contributed by atoms with Gasteiger partial charge in [0.15, 0.2) is 11.5 Å². The van der Waals surface area contributed by atoms with Crippen molar-refractivity contribution >= 4 is 28.6 Å². The van der Waals surface area contributed by atoms with Crippen LogP contribution in [0.1, 0.15) is 12.5 Å². The molecule has 25 heavy (non-hydrogen) atoms. The molecule has 0 fully saturated rings. The normalized spacial score (nSPS) is 10.8. The van der Waals surface area contributed by atoms with Gasteiger partial charge in [-0.2, -0.15) is 0 Å². The Hall–Kier alpha value is -3.00. The molecule has 3 N–H and O–H groups in total. The van der Waals surface area contributed by atoms with Gasteiger partial charge >= 0.3 is 0 Å². The number of likely N-dealkylation sites (N-methyl/N-ethyl adjacent to an activating group) is 1. The third-order valence-electron chi connectivity index (χ3n) is 3.74. The Balaban J connectivity index is 1.65. The molecule has 0 bridgehead atoms. The molecule has 1 aromatic carbocycles. The zero-order chi connectivity index (χ0) is 17.6. The molecule has 2 aromatic heterocycles. The lowest BCUT2D eigenvalue weighted by Gasteiger charge is -2.18. The lowest BCUT2D eigenvalue weighted by Crippen LogP contribution is -2.30. The number of aromatic nitrogens is 4. The standard InChI is InChI=1S/C17H21N7O/c1-3-18-8-12-5-4-6-13(7-12)23-14(25)9-24(2)17-15-16(20-10-19-15)21-11-22-17/h4-7,10-11,18H,3,8-9H2,1-2H3,(H,23,25)(H,19,20,21,22). The van der Waals surface area contributed by atoms with Gasteiger partial charge in [-0.05, 0) is 24.2 Å². The number of carbonyl (C=O) groups is 1. The highest BCUT2D eigenvalue weighted by Crippen LogP contribution is 2.18. The lowest BCUT2D eigenvalue weighted by atomic mass is 10.2. The van der Waals surface area contributed by atoms with Crippen LogP contribution in [0.25, 0.3) is 11.2 Å². The smallest absolute Gasteiger partial charge is 0.243 e. The second-order valence-corrected chi connectivity index (χ2v) is 5.68. The molecule has 8 nitrogen and oxygen atoms in total. The molecule has 0 aliphatic heterocycles. The van der Waals surface area contributed by atoms with Crippen LogP contribution in [-0.4, -0.2) is 46.0 Å². The van der Waals surface area contributed by atoms with Crippen LogP contribution < -0.4 is 15.5 Å². The van der Waals surface area contributed by atoms with E-state index in [1.54, 1.807) is 11.2 Å². The number of amides is 1. The van der Waals surface area contributed by atoms with Crippen LogP contribution in [-0.2, 0) is 11.3 Å². The summed E-state index contributed by atoms with van der Waals surface area (Å²) < 4.78 is 0. The lowest BCUT2D eigenvalue weighted by molar-refractivity contribution is -0.114. The number of fused-ring (bicyclic) bond motifs is 1. The summed E-state index contributed by atoms with van der Waals surface area (Å²) in [5.41, 5.74) is 3.20. The van der Waals surface area contributed by atoms with Crippen LogP contribution in [0.5, 0.6) is 0 Å². The van der Waals surface area contributed by atoms with Crippen LogP contribution in [0, 0.1) is 0 Å². The van der Waals surface area contributed by atoms with Crippen molar-refractivity contribution in [2.24, 2.45) is 0 Å². The molecule has 8 heteroatoms. The van der Waals surface area contributed by atoms with Crippen LogP contribution in [0.4, 0.5) is 11.5 Å². The summed E-state index contributed by atoms with van der Waals surface area (Å²) in [6, 6.07) is 7.81. The molecule has 1 amide bonds. The average Bonchev–Trinajstić information content (AvgIpc) is 3.08. The Labute approximate surface area is 145 Å². The van der Waals surface area contributed by atoms with Crippen molar-refractivity contribution in [3.63, 3.8) is 0 Å². The minimum atomic E-state index is -0.116. The largest absolute Gasteiger partial charge is 0.348 e. The number of imidazole rings is 1. The second kappa shape index (κ2) is 7.71. The first-order valence-electron chi connectivity index (χ1n) is 8.12. The monoisotopic (exact) mass is 339 g/mol. The number of nitrogens with one attached hydrogen (secondary N) is 3. The van der Waals surface area contributed by atoms with Crippen molar-refractivity contribution in [1.29, 1.82) is 0 Å². The topological polar surface area (TPSA) is 98.8 Å². The Kier molecular flexibility index (Phi) is 5.20. The van der Waals surface area contributed by atoms with Gasteiger partial charge in [0.25, 0.3) is 0 Å². The molecular formula is C17H21N7O. The van der Waals surface area contributed by atoms with Gasteiger partial charge in [0.05, 0.1) is 12.9 Å². The molecule has 0 spiro atoms. The molecular weight excluding hydrogens is 318 g/mol. The first kappa shape index (κ1) is 16.8. The number of benzene rings is 1. The zero-order valence-electron chi connectivity index (χ0n) is 14.3. The number of carbonyl (C=O) groups excluding carboxylic acids is 1. The Morgan fingerprint density at radius 3 is 3.00 bits per heavy atom. The maximum Gasteiger partial charge on any atom is 0.243 e. The van der Waals surface area contributed by atoms with Crippen molar-refractivity contribution in [3.05, 3.63) is 42.5 Å². The molecule has 130 valence electrons. The first-order valence-corrected chi connectivity index (χ1v) is 8.12. The molecule has 0 saturated heterocycles. The van der Waals surface area contributed by atoms with Crippen molar-refractivity contribution in [1.82, 2.24) is 25.3 Å². The predicted molar refractivity (Wildman–Crippen MR) is 97.4 cm³/mol. The summed E-state index contributed by atoms with van der Waals surface area (Å²) in [6.07, 6.45) is 3.00. The number of hydrogen-bond donors (Lipinski definition) is 3. The minimum Gasteiger partial charge on any atom is -0.348 e. The summed E-state index contributed by atoms with van der Waals surface area (Å²) in [4.78, 5) is 29.5. The highest BCUT2D eigenvalue weighted by atomic mass is 16.2. The summed E-state index contributed by atoms with van der Waals surface area (Å²) in [5, 5.41) is 6.19. The van der Waals surface area contributed by atoms with Gasteiger partial charge in [-0.3, -0.25) is 4.79 Å². The maximum absolute atomic E-state index is 12.4. The van der Waals surface area contributed by atoms with Crippen LogP contribution >= 0.6 is 0 Å². The Morgan fingerprint density at radius 2 is 2.16 bits per heavy atom. The maximum atomic E-state index is 12.4. The molecule has 0 unspecified atom stereocenters. The van der Waals surface area contributed by atoms with Gasteiger partial charge < -0.3 is 20.5 Å². The van der Waals surface area contributed by atoms with Gasteiger partial charge in [-0.15, -0.1) is 0 Å². The minimum absolute atomic E-state index is 0.116. The fourth-order valence-corrected chi connectivity index (χ4v) is 2.56. The Morgan fingerprint density at radius 1 is 1.28 bits per heavy atom. The van der Waals surface area contributed by atoms with Gasteiger partial charge in [-0.25, -0.2) is 15.0 Å². The quantitative estimate of drug-likeness (QED) is 0.604. The van der Waals surface area contributed by atoms with Crippen molar-refractivity contribution in [2.75, 3.05) is 30.4 Å². The van der Waals surface area contributed by atoms with E-state index in [4.69, 9.17) is 0 Å². The number of rotatable bonds is 7.